The number of nitrogens with zero attached hydrogens (tertiary/aromatic N) is 2. The van der Waals surface area contributed by atoms with E-state index in [-0.39, 0.29) is 41.8 Å². The Kier molecular flexibility index (Phi) is 5.75. The number of carboxylic acid groups (broad SMARTS) is 1. The fraction of sp³-hybridized carbons (Fsp3) is 0.364. The molecule has 162 valence electrons. The van der Waals surface area contributed by atoms with Crippen LogP contribution in [0.2, 0.25) is 0 Å². The largest absolute Gasteiger partial charge is 0.550 e. The Bertz CT molecular complexity index is 1070. The number of benzene rings is 1. The van der Waals surface area contributed by atoms with Crippen molar-refractivity contribution >= 4 is 29.3 Å². The van der Waals surface area contributed by atoms with E-state index < -0.39 is 12.0 Å². The van der Waals surface area contributed by atoms with Crippen molar-refractivity contribution in [1.82, 2.24) is 9.47 Å². The van der Waals surface area contributed by atoms with Crippen molar-refractivity contribution in [2.45, 2.75) is 31.7 Å². The van der Waals surface area contributed by atoms with Gasteiger partial charge in [0.2, 0.25) is 5.91 Å². The molecule has 1 fully saturated rings. The first kappa shape index (κ1) is 20.6. The Labute approximate surface area is 178 Å². The zero-order valence-electron chi connectivity index (χ0n) is 16.9. The van der Waals surface area contributed by atoms with Gasteiger partial charge in [-0.05, 0) is 43.0 Å². The van der Waals surface area contributed by atoms with Crippen LogP contribution >= 0.6 is 0 Å². The van der Waals surface area contributed by atoms with E-state index in [1.807, 2.05) is 12.1 Å². The molecule has 4 rings (SSSR count). The van der Waals surface area contributed by atoms with Gasteiger partial charge in [0.15, 0.2) is 0 Å². The summed E-state index contributed by atoms with van der Waals surface area (Å²) in [5.41, 5.74) is 1.37. The zero-order valence-corrected chi connectivity index (χ0v) is 16.9. The quantitative estimate of drug-likeness (QED) is 0.742. The average molecular weight is 423 g/mol. The Balaban J connectivity index is 1.47. The molecule has 0 aliphatic carbocycles. The second-order valence-electron chi connectivity index (χ2n) is 8.00. The van der Waals surface area contributed by atoms with E-state index in [1.54, 1.807) is 39.8 Å². The van der Waals surface area contributed by atoms with E-state index in [1.165, 1.54) is 0 Å². The highest BCUT2D eigenvalue weighted by Crippen LogP contribution is 2.35. The van der Waals surface area contributed by atoms with Crippen molar-refractivity contribution in [3.63, 3.8) is 0 Å². The Hall–Kier alpha value is -3.62. The minimum atomic E-state index is -1.24. The second kappa shape index (κ2) is 8.63. The minimum Gasteiger partial charge on any atom is -0.550 e. The van der Waals surface area contributed by atoms with E-state index in [0.29, 0.717) is 25.3 Å². The number of carbonyl (C=O) groups is 3. The topological polar surface area (TPSA) is 124 Å². The van der Waals surface area contributed by atoms with Crippen LogP contribution in [-0.4, -0.2) is 40.5 Å². The lowest BCUT2D eigenvalue weighted by Gasteiger charge is -2.43. The lowest BCUT2D eigenvalue weighted by molar-refractivity contribution is -0.305. The number of piperidine rings is 1. The molecule has 2 aromatic rings. The SMILES string of the molecule is O=C([O-])CCC(=O)N1C[C@@H]2C[C@H](C1)c1ccc(NC(=O)Nc3ccccc3)c(=O)n1C2. The maximum absolute atomic E-state index is 13.0. The molecule has 2 bridgehead atoms. The van der Waals surface area contributed by atoms with Gasteiger partial charge in [-0.25, -0.2) is 4.79 Å². The van der Waals surface area contributed by atoms with Gasteiger partial charge in [0.05, 0.1) is 0 Å². The molecular weight excluding hydrogens is 400 g/mol. The fourth-order valence-corrected chi connectivity index (χ4v) is 4.42. The third-order valence-corrected chi connectivity index (χ3v) is 5.78. The van der Waals surface area contributed by atoms with Gasteiger partial charge in [-0.15, -0.1) is 0 Å². The predicted octanol–water partition coefficient (Wildman–Crippen LogP) is 0.968. The van der Waals surface area contributed by atoms with E-state index >= 15 is 0 Å². The van der Waals surface area contributed by atoms with Crippen LogP contribution in [0.15, 0.2) is 47.3 Å². The summed E-state index contributed by atoms with van der Waals surface area (Å²) in [6.07, 6.45) is 0.500. The number of likely N-dealkylation sites (tertiary alicyclic amines) is 1. The van der Waals surface area contributed by atoms with Crippen molar-refractivity contribution in [2.75, 3.05) is 23.7 Å². The molecule has 0 unspecified atom stereocenters. The monoisotopic (exact) mass is 423 g/mol. The molecule has 2 N–H and O–H groups in total. The molecule has 1 saturated heterocycles. The van der Waals surface area contributed by atoms with Gasteiger partial charge >= 0.3 is 6.03 Å². The fourth-order valence-electron chi connectivity index (χ4n) is 4.42. The molecule has 0 radical (unpaired) electrons. The van der Waals surface area contributed by atoms with Crippen LogP contribution in [0.4, 0.5) is 16.2 Å². The van der Waals surface area contributed by atoms with Crippen molar-refractivity contribution < 1.29 is 19.5 Å². The molecule has 1 aromatic heterocycles. The maximum Gasteiger partial charge on any atom is 0.323 e. The van der Waals surface area contributed by atoms with Crippen molar-refractivity contribution in [3.05, 3.63) is 58.5 Å². The van der Waals surface area contributed by atoms with Crippen molar-refractivity contribution in [2.24, 2.45) is 5.92 Å². The number of carboxylic acids is 1. The number of pyridine rings is 1. The first-order chi connectivity index (χ1) is 14.9. The zero-order chi connectivity index (χ0) is 22.0. The number of aliphatic carboxylic acids is 1. The van der Waals surface area contributed by atoms with Crippen molar-refractivity contribution in [3.8, 4) is 0 Å². The summed E-state index contributed by atoms with van der Waals surface area (Å²) in [4.78, 5) is 49.9. The number of rotatable bonds is 5. The van der Waals surface area contributed by atoms with E-state index in [2.05, 4.69) is 10.6 Å². The third-order valence-electron chi connectivity index (χ3n) is 5.78. The summed E-state index contributed by atoms with van der Waals surface area (Å²) in [5.74, 6) is -1.34. The lowest BCUT2D eigenvalue weighted by Crippen LogP contribution is -2.49. The second-order valence-corrected chi connectivity index (χ2v) is 8.00. The normalized spacial score (nSPS) is 19.3. The highest BCUT2D eigenvalue weighted by molar-refractivity contribution is 5.99. The molecule has 2 atom stereocenters. The van der Waals surface area contributed by atoms with Crippen LogP contribution in [0.5, 0.6) is 0 Å². The van der Waals surface area contributed by atoms with Gasteiger partial charge in [-0.1, -0.05) is 18.2 Å². The number of amides is 3. The van der Waals surface area contributed by atoms with Gasteiger partial charge in [0.25, 0.3) is 5.56 Å². The van der Waals surface area contributed by atoms with E-state index in [0.717, 1.165) is 12.1 Å². The molecule has 0 saturated carbocycles. The maximum atomic E-state index is 13.0. The van der Waals surface area contributed by atoms with Crippen LogP contribution in [0.3, 0.4) is 0 Å². The van der Waals surface area contributed by atoms with Gasteiger partial charge < -0.3 is 30.0 Å². The third kappa shape index (κ3) is 4.60. The summed E-state index contributed by atoms with van der Waals surface area (Å²) >= 11 is 0. The summed E-state index contributed by atoms with van der Waals surface area (Å²) < 4.78 is 1.68. The molecule has 0 spiro atoms. The summed E-state index contributed by atoms with van der Waals surface area (Å²) in [5, 5.41) is 15.9. The smallest absolute Gasteiger partial charge is 0.323 e. The number of nitrogens with one attached hydrogen (secondary N) is 2. The number of urea groups is 1. The summed E-state index contributed by atoms with van der Waals surface area (Å²) in [7, 11) is 0. The number of para-hydroxylation sites is 1. The molecule has 9 heteroatoms. The molecule has 3 heterocycles. The van der Waals surface area contributed by atoms with Crippen LogP contribution in [-0.2, 0) is 16.1 Å². The van der Waals surface area contributed by atoms with Crippen molar-refractivity contribution in [1.29, 1.82) is 0 Å². The molecule has 9 nitrogen and oxygen atoms in total. The first-order valence-corrected chi connectivity index (χ1v) is 10.2. The molecule has 3 amide bonds. The van der Waals surface area contributed by atoms with E-state index in [9.17, 15) is 24.3 Å². The summed E-state index contributed by atoms with van der Waals surface area (Å²) in [6.45, 7) is 1.38. The molecule has 1 aromatic carbocycles. The first-order valence-electron chi connectivity index (χ1n) is 10.2. The Morgan fingerprint density at radius 3 is 2.48 bits per heavy atom. The van der Waals surface area contributed by atoms with Gasteiger partial charge in [-0.3, -0.25) is 9.59 Å². The van der Waals surface area contributed by atoms with Crippen LogP contribution < -0.4 is 21.3 Å². The average Bonchev–Trinajstić information content (AvgIpc) is 2.75. The number of carbonyl (C=O) groups excluding carboxylic acids is 3. The van der Waals surface area contributed by atoms with Crippen LogP contribution in [0, 0.1) is 5.92 Å². The van der Waals surface area contributed by atoms with Crippen LogP contribution in [0.25, 0.3) is 0 Å². The Morgan fingerprint density at radius 1 is 0.968 bits per heavy atom. The molecule has 2 aliphatic rings. The van der Waals surface area contributed by atoms with Gasteiger partial charge in [0.1, 0.15) is 5.69 Å². The highest BCUT2D eigenvalue weighted by atomic mass is 16.4. The number of hydrogen-bond donors (Lipinski definition) is 2. The lowest BCUT2D eigenvalue weighted by atomic mass is 9.83. The van der Waals surface area contributed by atoms with E-state index in [4.69, 9.17) is 0 Å². The van der Waals surface area contributed by atoms with Gasteiger partial charge in [-0.2, -0.15) is 0 Å². The number of hydrogen-bond acceptors (Lipinski definition) is 5. The van der Waals surface area contributed by atoms with Crippen LogP contribution in [0.1, 0.15) is 30.9 Å². The molecular formula is C22H23N4O5-. The number of fused-ring (bicyclic) bond motifs is 4. The molecule has 2 aliphatic heterocycles. The number of aromatic nitrogens is 1. The number of anilines is 2. The minimum absolute atomic E-state index is 0.000650. The van der Waals surface area contributed by atoms with Gasteiger partial charge in [0, 0.05) is 49.3 Å². The standard InChI is InChI=1S/C22H24N4O5/c27-19(8-9-20(28)29)25-11-14-10-15(13-25)18-7-6-17(21(30)26(18)12-14)24-22(31)23-16-4-2-1-3-5-16/h1-7,14-15H,8-13H2,(H,28,29)(H2,23,24,31)/p-1/t14-,15+/m0/s1. The predicted molar refractivity (Wildman–Crippen MR) is 111 cm³/mol. The molecule has 31 heavy (non-hydrogen) atoms. The highest BCUT2D eigenvalue weighted by Gasteiger charge is 2.36. The Morgan fingerprint density at radius 2 is 1.74 bits per heavy atom. The summed E-state index contributed by atoms with van der Waals surface area (Å²) in [6, 6.07) is 11.9.